The van der Waals surface area contributed by atoms with Crippen LogP contribution in [-0.2, 0) is 9.59 Å². The molecule has 0 aliphatic heterocycles. The van der Waals surface area contributed by atoms with Crippen LogP contribution in [0.4, 0.5) is 5.69 Å². The number of anilines is 1. The minimum Gasteiger partial charge on any atom is -0.482 e. The summed E-state index contributed by atoms with van der Waals surface area (Å²) in [4.78, 5) is 23.5. The molecular weight excluding hydrogens is 314 g/mol. The van der Waals surface area contributed by atoms with Crippen molar-refractivity contribution in [2.24, 2.45) is 0 Å². The van der Waals surface area contributed by atoms with E-state index in [1.807, 2.05) is 31.2 Å². The number of aliphatic carboxylic acids is 1. The fourth-order valence-electron chi connectivity index (χ4n) is 1.79. The predicted molar refractivity (Wildman–Crippen MR) is 90.1 cm³/mol. The molecule has 2 aromatic rings. The average Bonchev–Trinajstić information content (AvgIpc) is 2.53. The van der Waals surface area contributed by atoms with Gasteiger partial charge in [-0.2, -0.15) is 0 Å². The second-order valence-electron chi connectivity index (χ2n) is 4.86. The zero-order valence-corrected chi connectivity index (χ0v) is 13.4. The van der Waals surface area contributed by atoms with Crippen molar-refractivity contribution >= 4 is 29.3 Å². The molecule has 0 aliphatic rings. The first-order valence-corrected chi connectivity index (χ1v) is 7.95. The van der Waals surface area contributed by atoms with Crippen LogP contribution in [0.2, 0.25) is 0 Å². The standard InChI is InChI=1S/C17H17NO4S/c1-12-5-7-15(8-6-12)23-11-16(19)18-13-3-2-4-14(9-13)22-10-17(20)21/h2-9H,10-11H2,1H3,(H,18,19)(H,20,21). The first-order valence-electron chi connectivity index (χ1n) is 6.97. The summed E-state index contributed by atoms with van der Waals surface area (Å²) in [5, 5.41) is 11.4. The van der Waals surface area contributed by atoms with E-state index in [0.29, 0.717) is 17.2 Å². The summed E-state index contributed by atoms with van der Waals surface area (Å²) < 4.78 is 5.07. The van der Waals surface area contributed by atoms with Gasteiger partial charge in [0.05, 0.1) is 5.75 Å². The van der Waals surface area contributed by atoms with Crippen LogP contribution < -0.4 is 10.1 Å². The Morgan fingerprint density at radius 1 is 1.17 bits per heavy atom. The molecule has 0 radical (unpaired) electrons. The molecule has 0 atom stereocenters. The summed E-state index contributed by atoms with van der Waals surface area (Å²) in [6, 6.07) is 14.6. The minimum atomic E-state index is -1.05. The molecule has 0 aromatic heterocycles. The van der Waals surface area contributed by atoms with Gasteiger partial charge in [0.25, 0.3) is 0 Å². The van der Waals surface area contributed by atoms with Crippen LogP contribution in [-0.4, -0.2) is 29.3 Å². The van der Waals surface area contributed by atoms with E-state index in [2.05, 4.69) is 5.32 Å². The van der Waals surface area contributed by atoms with E-state index in [1.54, 1.807) is 24.3 Å². The Hall–Kier alpha value is -2.47. The highest BCUT2D eigenvalue weighted by Crippen LogP contribution is 2.20. The van der Waals surface area contributed by atoms with Crippen molar-refractivity contribution in [3.63, 3.8) is 0 Å². The molecule has 6 heteroatoms. The molecule has 2 rings (SSSR count). The third-order valence-corrected chi connectivity index (χ3v) is 3.88. The molecule has 0 spiro atoms. The van der Waals surface area contributed by atoms with Crippen molar-refractivity contribution in [3.05, 3.63) is 54.1 Å². The molecule has 0 heterocycles. The molecule has 0 unspecified atom stereocenters. The van der Waals surface area contributed by atoms with E-state index in [0.717, 1.165) is 4.90 Å². The Morgan fingerprint density at radius 3 is 2.61 bits per heavy atom. The number of carbonyl (C=O) groups excluding carboxylic acids is 1. The average molecular weight is 331 g/mol. The number of hydrogen-bond donors (Lipinski definition) is 2. The molecule has 1 amide bonds. The molecule has 2 N–H and O–H groups in total. The normalized spacial score (nSPS) is 10.1. The Bertz CT molecular complexity index is 685. The zero-order valence-electron chi connectivity index (χ0n) is 12.6. The third-order valence-electron chi connectivity index (χ3n) is 2.87. The summed E-state index contributed by atoms with van der Waals surface area (Å²) in [5.41, 5.74) is 1.75. The number of hydrogen-bond acceptors (Lipinski definition) is 4. The molecular formula is C17H17NO4S. The van der Waals surface area contributed by atoms with E-state index in [4.69, 9.17) is 9.84 Å². The summed E-state index contributed by atoms with van der Waals surface area (Å²) >= 11 is 1.45. The highest BCUT2D eigenvalue weighted by atomic mass is 32.2. The van der Waals surface area contributed by atoms with Crippen molar-refractivity contribution in [2.45, 2.75) is 11.8 Å². The van der Waals surface area contributed by atoms with Gasteiger partial charge in [0, 0.05) is 16.6 Å². The van der Waals surface area contributed by atoms with E-state index in [1.165, 1.54) is 17.3 Å². The van der Waals surface area contributed by atoms with Crippen LogP contribution in [0.25, 0.3) is 0 Å². The molecule has 5 nitrogen and oxygen atoms in total. The van der Waals surface area contributed by atoms with Gasteiger partial charge in [-0.1, -0.05) is 23.8 Å². The fraction of sp³-hybridized carbons (Fsp3) is 0.176. The van der Waals surface area contributed by atoms with Crippen molar-refractivity contribution in [2.75, 3.05) is 17.7 Å². The number of aryl methyl sites for hydroxylation is 1. The van der Waals surface area contributed by atoms with Gasteiger partial charge < -0.3 is 15.2 Å². The van der Waals surface area contributed by atoms with Crippen molar-refractivity contribution in [1.82, 2.24) is 0 Å². The Labute approximate surface area is 138 Å². The highest BCUT2D eigenvalue weighted by molar-refractivity contribution is 8.00. The predicted octanol–water partition coefficient (Wildman–Crippen LogP) is 3.19. The van der Waals surface area contributed by atoms with Gasteiger partial charge in [-0.3, -0.25) is 4.79 Å². The molecule has 0 saturated carbocycles. The number of thioether (sulfide) groups is 1. The Morgan fingerprint density at radius 2 is 1.91 bits per heavy atom. The van der Waals surface area contributed by atoms with Crippen LogP contribution in [0.15, 0.2) is 53.4 Å². The van der Waals surface area contributed by atoms with Gasteiger partial charge in [-0.05, 0) is 31.2 Å². The van der Waals surface area contributed by atoms with E-state index in [9.17, 15) is 9.59 Å². The second kappa shape index (κ2) is 8.24. The van der Waals surface area contributed by atoms with Crippen LogP contribution >= 0.6 is 11.8 Å². The van der Waals surface area contributed by atoms with Crippen molar-refractivity contribution in [1.29, 1.82) is 0 Å². The molecule has 2 aromatic carbocycles. The monoisotopic (exact) mass is 331 g/mol. The molecule has 0 aliphatic carbocycles. The molecule has 120 valence electrons. The van der Waals surface area contributed by atoms with Crippen LogP contribution in [0.1, 0.15) is 5.56 Å². The number of benzene rings is 2. The number of rotatable bonds is 7. The lowest BCUT2D eigenvalue weighted by atomic mass is 10.2. The summed E-state index contributed by atoms with van der Waals surface area (Å²) in [6.45, 7) is 1.60. The maximum atomic E-state index is 12.0. The topological polar surface area (TPSA) is 75.6 Å². The first-order chi connectivity index (χ1) is 11.0. The van der Waals surface area contributed by atoms with E-state index >= 15 is 0 Å². The van der Waals surface area contributed by atoms with Gasteiger partial charge in [0.2, 0.25) is 5.91 Å². The Kier molecular flexibility index (Phi) is 6.05. The number of carboxylic acids is 1. The summed E-state index contributed by atoms with van der Waals surface area (Å²) in [7, 11) is 0. The van der Waals surface area contributed by atoms with Gasteiger partial charge in [-0.25, -0.2) is 4.79 Å². The molecule has 0 saturated heterocycles. The van der Waals surface area contributed by atoms with Gasteiger partial charge in [0.1, 0.15) is 5.75 Å². The number of carbonyl (C=O) groups is 2. The maximum Gasteiger partial charge on any atom is 0.341 e. The maximum absolute atomic E-state index is 12.0. The van der Waals surface area contributed by atoms with Crippen LogP contribution in [0.5, 0.6) is 5.75 Å². The quantitative estimate of drug-likeness (QED) is 0.762. The smallest absolute Gasteiger partial charge is 0.341 e. The second-order valence-corrected chi connectivity index (χ2v) is 5.91. The third kappa shape index (κ3) is 6.04. The van der Waals surface area contributed by atoms with Gasteiger partial charge >= 0.3 is 5.97 Å². The largest absolute Gasteiger partial charge is 0.482 e. The highest BCUT2D eigenvalue weighted by Gasteiger charge is 2.05. The lowest BCUT2D eigenvalue weighted by Gasteiger charge is -2.08. The van der Waals surface area contributed by atoms with Crippen molar-refractivity contribution < 1.29 is 19.4 Å². The first kappa shape index (κ1) is 16.9. The SMILES string of the molecule is Cc1ccc(SCC(=O)Nc2cccc(OCC(=O)O)c2)cc1. The number of nitrogens with one attached hydrogen (secondary N) is 1. The fourth-order valence-corrected chi connectivity index (χ4v) is 2.49. The molecule has 0 bridgehead atoms. The van der Waals surface area contributed by atoms with Crippen LogP contribution in [0.3, 0.4) is 0 Å². The molecule has 0 fully saturated rings. The van der Waals surface area contributed by atoms with Crippen molar-refractivity contribution in [3.8, 4) is 5.75 Å². The lowest BCUT2D eigenvalue weighted by molar-refractivity contribution is -0.139. The van der Waals surface area contributed by atoms with E-state index in [-0.39, 0.29) is 5.91 Å². The number of ether oxygens (including phenoxy) is 1. The minimum absolute atomic E-state index is 0.133. The summed E-state index contributed by atoms with van der Waals surface area (Å²) in [6.07, 6.45) is 0. The molecule has 23 heavy (non-hydrogen) atoms. The van der Waals surface area contributed by atoms with E-state index < -0.39 is 12.6 Å². The van der Waals surface area contributed by atoms with Gasteiger partial charge in [-0.15, -0.1) is 11.8 Å². The summed E-state index contributed by atoms with van der Waals surface area (Å²) in [5.74, 6) is -0.486. The van der Waals surface area contributed by atoms with Gasteiger partial charge in [0.15, 0.2) is 6.61 Å². The zero-order chi connectivity index (χ0) is 16.7. The van der Waals surface area contributed by atoms with Crippen LogP contribution in [0, 0.1) is 6.92 Å². The Balaban J connectivity index is 1.86. The lowest BCUT2D eigenvalue weighted by Crippen LogP contribution is -2.14. The number of amides is 1. The number of carboxylic acid groups (broad SMARTS) is 1.